The molecule has 3 rings (SSSR count). The van der Waals surface area contributed by atoms with Crippen molar-refractivity contribution in [3.63, 3.8) is 0 Å². The number of methoxy groups -OCH3 is 1. The summed E-state index contributed by atoms with van der Waals surface area (Å²) in [5.41, 5.74) is 1.85. The molecule has 0 aromatic heterocycles. The maximum absolute atomic E-state index is 13.0. The summed E-state index contributed by atoms with van der Waals surface area (Å²) in [5.74, 6) is -0.144. The second kappa shape index (κ2) is 6.49. The summed E-state index contributed by atoms with van der Waals surface area (Å²) in [6.45, 7) is 1.34. The number of nitrogens with zero attached hydrogens (tertiary/aromatic N) is 2. The van der Waals surface area contributed by atoms with Crippen molar-refractivity contribution >= 4 is 21.6 Å². The van der Waals surface area contributed by atoms with E-state index in [1.54, 1.807) is 4.90 Å². The number of piperidine rings is 1. The summed E-state index contributed by atoms with van der Waals surface area (Å²) in [5, 5.41) is -0.539. The standard InChI is InChI=1S/C16H22N2O4S/c1-22-12-16(19)17-9-4-6-14(11-17)23(20,21)18-10-8-13-5-2-3-7-15(13)18/h2-3,5,7,14H,4,6,8-12H2,1H3/t14-/m1/s1. The van der Waals surface area contributed by atoms with Crippen molar-refractivity contribution in [2.24, 2.45) is 0 Å². The van der Waals surface area contributed by atoms with Crippen molar-refractivity contribution in [2.75, 3.05) is 37.7 Å². The Kier molecular flexibility index (Phi) is 4.59. The summed E-state index contributed by atoms with van der Waals surface area (Å²) >= 11 is 0. The summed E-state index contributed by atoms with van der Waals surface area (Å²) in [7, 11) is -1.99. The van der Waals surface area contributed by atoms with Crippen molar-refractivity contribution in [1.29, 1.82) is 0 Å². The van der Waals surface area contributed by atoms with Crippen molar-refractivity contribution in [1.82, 2.24) is 4.90 Å². The Morgan fingerprint density at radius 3 is 2.87 bits per heavy atom. The van der Waals surface area contributed by atoms with E-state index in [-0.39, 0.29) is 19.1 Å². The SMILES string of the molecule is COCC(=O)N1CCC[C@@H](S(=O)(=O)N2CCc3ccccc32)C1. The van der Waals surface area contributed by atoms with Crippen molar-refractivity contribution in [3.05, 3.63) is 29.8 Å². The van der Waals surface area contributed by atoms with Gasteiger partial charge in [-0.3, -0.25) is 9.10 Å². The summed E-state index contributed by atoms with van der Waals surface area (Å²) in [6, 6.07) is 7.62. The van der Waals surface area contributed by atoms with Crippen molar-refractivity contribution in [2.45, 2.75) is 24.5 Å². The van der Waals surface area contributed by atoms with Crippen LogP contribution in [0.5, 0.6) is 0 Å². The highest BCUT2D eigenvalue weighted by atomic mass is 32.2. The van der Waals surface area contributed by atoms with E-state index >= 15 is 0 Å². The number of amides is 1. The molecule has 1 aromatic rings. The van der Waals surface area contributed by atoms with E-state index in [1.807, 2.05) is 24.3 Å². The molecule has 2 aliphatic heterocycles. The van der Waals surface area contributed by atoms with Crippen molar-refractivity contribution < 1.29 is 17.9 Å². The van der Waals surface area contributed by atoms with E-state index in [9.17, 15) is 13.2 Å². The van der Waals surface area contributed by atoms with Gasteiger partial charge in [0.2, 0.25) is 15.9 Å². The summed E-state index contributed by atoms with van der Waals surface area (Å²) in [6.07, 6.45) is 2.04. The average Bonchev–Trinajstić information content (AvgIpc) is 3.00. The van der Waals surface area contributed by atoms with Crippen molar-refractivity contribution in [3.8, 4) is 0 Å². The molecule has 1 aromatic carbocycles. The molecule has 0 aliphatic carbocycles. The molecule has 2 aliphatic rings. The van der Waals surface area contributed by atoms with Crippen LogP contribution in [0.3, 0.4) is 0 Å². The highest BCUT2D eigenvalue weighted by molar-refractivity contribution is 7.93. The van der Waals surface area contributed by atoms with Crippen LogP contribution in [-0.4, -0.2) is 57.8 Å². The number of fused-ring (bicyclic) bond motifs is 1. The molecule has 1 atom stereocenters. The molecule has 0 spiro atoms. The molecule has 7 heteroatoms. The van der Waals surface area contributed by atoms with Gasteiger partial charge < -0.3 is 9.64 Å². The second-order valence-corrected chi connectivity index (χ2v) is 8.17. The van der Waals surface area contributed by atoms with Gasteiger partial charge in [0.05, 0.1) is 10.9 Å². The normalized spacial score (nSPS) is 21.3. The van der Waals surface area contributed by atoms with Gasteiger partial charge >= 0.3 is 0 Å². The van der Waals surface area contributed by atoms with Crippen LogP contribution in [0.2, 0.25) is 0 Å². The molecular weight excluding hydrogens is 316 g/mol. The number of ether oxygens (including phenoxy) is 1. The molecule has 0 radical (unpaired) electrons. The van der Waals surface area contributed by atoms with Gasteiger partial charge in [-0.1, -0.05) is 18.2 Å². The minimum Gasteiger partial charge on any atom is -0.375 e. The molecule has 0 saturated carbocycles. The van der Waals surface area contributed by atoms with Gasteiger partial charge in [0.25, 0.3) is 0 Å². The van der Waals surface area contributed by atoms with Gasteiger partial charge in [0, 0.05) is 26.7 Å². The van der Waals surface area contributed by atoms with Gasteiger partial charge in [-0.25, -0.2) is 8.42 Å². The minimum atomic E-state index is -3.46. The monoisotopic (exact) mass is 338 g/mol. The zero-order valence-corrected chi connectivity index (χ0v) is 14.1. The lowest BCUT2D eigenvalue weighted by Gasteiger charge is -2.34. The third-order valence-corrected chi connectivity index (χ3v) is 6.79. The topological polar surface area (TPSA) is 66.9 Å². The van der Waals surface area contributed by atoms with Crippen LogP contribution in [0.1, 0.15) is 18.4 Å². The van der Waals surface area contributed by atoms with Crippen LogP contribution in [0, 0.1) is 0 Å². The van der Waals surface area contributed by atoms with Crippen LogP contribution in [-0.2, 0) is 26.0 Å². The predicted molar refractivity (Wildman–Crippen MR) is 87.9 cm³/mol. The number of hydrogen-bond donors (Lipinski definition) is 0. The van der Waals surface area contributed by atoms with Gasteiger partial charge in [-0.2, -0.15) is 0 Å². The zero-order chi connectivity index (χ0) is 16.4. The Morgan fingerprint density at radius 2 is 2.09 bits per heavy atom. The number of carbonyl (C=O) groups is 1. The average molecular weight is 338 g/mol. The fourth-order valence-electron chi connectivity index (χ4n) is 3.37. The molecule has 1 fully saturated rings. The molecule has 2 heterocycles. The number of hydrogen-bond acceptors (Lipinski definition) is 4. The Hall–Kier alpha value is -1.60. The fourth-order valence-corrected chi connectivity index (χ4v) is 5.37. The summed E-state index contributed by atoms with van der Waals surface area (Å²) in [4.78, 5) is 13.6. The Balaban J connectivity index is 1.79. The van der Waals surface area contributed by atoms with Gasteiger partial charge in [0.1, 0.15) is 6.61 Å². The quantitative estimate of drug-likeness (QED) is 0.822. The Morgan fingerprint density at radius 1 is 1.30 bits per heavy atom. The van der Waals surface area contributed by atoms with Crippen LogP contribution in [0.25, 0.3) is 0 Å². The molecule has 1 amide bonds. The fraction of sp³-hybridized carbons (Fsp3) is 0.562. The Bertz CT molecular complexity index is 689. The molecule has 6 nitrogen and oxygen atoms in total. The largest absolute Gasteiger partial charge is 0.375 e. The maximum atomic E-state index is 13.0. The predicted octanol–water partition coefficient (Wildman–Crippen LogP) is 1.02. The highest BCUT2D eigenvalue weighted by Gasteiger charge is 2.39. The molecule has 0 N–H and O–H groups in total. The van der Waals surface area contributed by atoms with E-state index in [0.717, 1.165) is 17.7 Å². The number of anilines is 1. The number of benzene rings is 1. The van der Waals surface area contributed by atoms with E-state index < -0.39 is 15.3 Å². The first kappa shape index (κ1) is 16.3. The van der Waals surface area contributed by atoms with Gasteiger partial charge in [-0.15, -0.1) is 0 Å². The van der Waals surface area contributed by atoms with E-state index in [4.69, 9.17) is 4.74 Å². The zero-order valence-electron chi connectivity index (χ0n) is 13.3. The molecule has 0 bridgehead atoms. The van der Waals surface area contributed by atoms with Crippen LogP contribution in [0.4, 0.5) is 5.69 Å². The number of rotatable bonds is 4. The van der Waals surface area contributed by atoms with E-state index in [2.05, 4.69) is 0 Å². The first-order valence-electron chi connectivity index (χ1n) is 7.90. The Labute approximate surface area is 137 Å². The molecule has 126 valence electrons. The third kappa shape index (κ3) is 3.07. The first-order chi connectivity index (χ1) is 11.0. The van der Waals surface area contributed by atoms with Gasteiger partial charge in [0.15, 0.2) is 0 Å². The summed E-state index contributed by atoms with van der Waals surface area (Å²) < 4.78 is 32.5. The second-order valence-electron chi connectivity index (χ2n) is 6.03. The lowest BCUT2D eigenvalue weighted by Crippen LogP contribution is -2.50. The number of para-hydroxylation sites is 1. The van der Waals surface area contributed by atoms with E-state index in [0.29, 0.717) is 25.9 Å². The molecular formula is C16H22N2O4S. The molecule has 1 saturated heterocycles. The number of sulfonamides is 1. The number of likely N-dealkylation sites (tertiary alicyclic amines) is 1. The van der Waals surface area contributed by atoms with Crippen LogP contribution < -0.4 is 4.31 Å². The minimum absolute atomic E-state index is 0.000679. The van der Waals surface area contributed by atoms with E-state index in [1.165, 1.54) is 11.4 Å². The smallest absolute Gasteiger partial charge is 0.248 e. The lowest BCUT2D eigenvalue weighted by atomic mass is 10.1. The molecule has 0 unspecified atom stereocenters. The first-order valence-corrected chi connectivity index (χ1v) is 9.40. The van der Waals surface area contributed by atoms with Crippen LogP contribution >= 0.6 is 0 Å². The highest BCUT2D eigenvalue weighted by Crippen LogP contribution is 2.33. The molecule has 23 heavy (non-hydrogen) atoms. The lowest BCUT2D eigenvalue weighted by molar-refractivity contribution is -0.135. The maximum Gasteiger partial charge on any atom is 0.248 e. The third-order valence-electron chi connectivity index (χ3n) is 4.57. The van der Waals surface area contributed by atoms with Crippen LogP contribution in [0.15, 0.2) is 24.3 Å². The van der Waals surface area contributed by atoms with Gasteiger partial charge in [-0.05, 0) is 30.9 Å². The number of carbonyl (C=O) groups excluding carboxylic acids is 1.